The molecule has 0 saturated heterocycles. The molecule has 0 fully saturated rings. The van der Waals surface area contributed by atoms with E-state index in [1.165, 1.54) is 37.6 Å². The molecule has 4 rings (SSSR count). The molecule has 164 valence electrons. The van der Waals surface area contributed by atoms with Crippen molar-refractivity contribution in [3.05, 3.63) is 84.0 Å². The molecule has 0 unspecified atom stereocenters. The molecule has 0 aliphatic heterocycles. The van der Waals surface area contributed by atoms with Crippen LogP contribution in [0.3, 0.4) is 0 Å². The molecule has 0 radical (unpaired) electrons. The highest BCUT2D eigenvalue weighted by Gasteiger charge is 2.23. The Kier molecular flexibility index (Phi) is 5.56. The van der Waals surface area contributed by atoms with Crippen LogP contribution < -0.4 is 11.1 Å². The van der Waals surface area contributed by atoms with E-state index >= 15 is 0 Å². The smallest absolute Gasteiger partial charge is 0.286 e. The van der Waals surface area contributed by atoms with Gasteiger partial charge in [0.15, 0.2) is 0 Å². The summed E-state index contributed by atoms with van der Waals surface area (Å²) in [6, 6.07) is 15.6. The topological polar surface area (TPSA) is 136 Å². The standard InChI is InChI=1S/C22H19N3O6S/c1-25(13-15-5-4-12-30-15)32(28,29)16-10-8-14(9-11-16)22(27)24-19-17-6-2-3-7-18(17)31-20(19)21(23)26/h2-12H,13H2,1H3,(H2,23,26)(H,24,27). The van der Waals surface area contributed by atoms with E-state index in [1.807, 2.05) is 0 Å². The van der Waals surface area contributed by atoms with Gasteiger partial charge in [-0.3, -0.25) is 9.59 Å². The van der Waals surface area contributed by atoms with Gasteiger partial charge in [0, 0.05) is 18.0 Å². The van der Waals surface area contributed by atoms with E-state index in [9.17, 15) is 18.0 Å². The zero-order valence-electron chi connectivity index (χ0n) is 16.9. The second kappa shape index (κ2) is 8.33. The minimum absolute atomic E-state index is 0.0229. The zero-order chi connectivity index (χ0) is 22.9. The van der Waals surface area contributed by atoms with Gasteiger partial charge in [-0.25, -0.2) is 8.42 Å². The summed E-state index contributed by atoms with van der Waals surface area (Å²) in [4.78, 5) is 24.5. The molecule has 0 aliphatic rings. The molecular weight excluding hydrogens is 434 g/mol. The number of hydrogen-bond acceptors (Lipinski definition) is 6. The third kappa shape index (κ3) is 4.01. The van der Waals surface area contributed by atoms with Gasteiger partial charge in [0.1, 0.15) is 17.0 Å². The van der Waals surface area contributed by atoms with Crippen LogP contribution in [0.2, 0.25) is 0 Å². The van der Waals surface area contributed by atoms with Crippen LogP contribution in [0.5, 0.6) is 0 Å². The highest BCUT2D eigenvalue weighted by atomic mass is 32.2. The normalized spacial score (nSPS) is 11.7. The first-order valence-corrected chi connectivity index (χ1v) is 10.9. The Hall–Kier alpha value is -3.89. The second-order valence-corrected chi connectivity index (χ2v) is 9.03. The highest BCUT2D eigenvalue weighted by molar-refractivity contribution is 7.89. The summed E-state index contributed by atoms with van der Waals surface area (Å²) in [5.74, 6) is -1.03. The number of rotatable bonds is 7. The fourth-order valence-electron chi connectivity index (χ4n) is 3.19. The molecular formula is C22H19N3O6S. The number of benzene rings is 2. The highest BCUT2D eigenvalue weighted by Crippen LogP contribution is 2.31. The number of carbonyl (C=O) groups excluding carboxylic acids is 2. The molecule has 32 heavy (non-hydrogen) atoms. The molecule has 4 aromatic rings. The monoisotopic (exact) mass is 453 g/mol. The lowest BCUT2D eigenvalue weighted by Crippen LogP contribution is -2.26. The molecule has 10 heteroatoms. The molecule has 2 aromatic heterocycles. The Bertz CT molecular complexity index is 1390. The lowest BCUT2D eigenvalue weighted by atomic mass is 10.2. The average molecular weight is 453 g/mol. The van der Waals surface area contributed by atoms with E-state index in [2.05, 4.69) is 5.32 Å². The molecule has 2 aromatic carbocycles. The number of nitrogens with two attached hydrogens (primary N) is 1. The SMILES string of the molecule is CN(Cc1ccco1)S(=O)(=O)c1ccc(C(=O)Nc2c(C(N)=O)oc3ccccc23)cc1. The maximum Gasteiger partial charge on any atom is 0.286 e. The number of nitrogens with zero attached hydrogens (tertiary/aromatic N) is 1. The van der Waals surface area contributed by atoms with Crippen LogP contribution in [0.4, 0.5) is 5.69 Å². The van der Waals surface area contributed by atoms with Crippen molar-refractivity contribution >= 4 is 38.5 Å². The number of sulfonamides is 1. The van der Waals surface area contributed by atoms with Crippen molar-refractivity contribution in [2.75, 3.05) is 12.4 Å². The van der Waals surface area contributed by atoms with Gasteiger partial charge in [0.05, 0.1) is 17.7 Å². The molecule has 0 spiro atoms. The summed E-state index contributed by atoms with van der Waals surface area (Å²) in [7, 11) is -2.35. The lowest BCUT2D eigenvalue weighted by Gasteiger charge is -2.16. The van der Waals surface area contributed by atoms with Crippen molar-refractivity contribution in [1.29, 1.82) is 0 Å². The Morgan fingerprint density at radius 2 is 1.75 bits per heavy atom. The van der Waals surface area contributed by atoms with Crippen LogP contribution in [0, 0.1) is 0 Å². The van der Waals surface area contributed by atoms with E-state index < -0.39 is 21.8 Å². The molecule has 0 saturated carbocycles. The first kappa shape index (κ1) is 21.3. The van der Waals surface area contributed by atoms with Crippen LogP contribution in [0.1, 0.15) is 26.7 Å². The Labute approximate surface area is 183 Å². The van der Waals surface area contributed by atoms with Crippen LogP contribution in [0.15, 0.2) is 80.7 Å². The van der Waals surface area contributed by atoms with Gasteiger partial charge in [-0.15, -0.1) is 0 Å². The fourth-order valence-corrected chi connectivity index (χ4v) is 4.33. The average Bonchev–Trinajstić information content (AvgIpc) is 3.42. The summed E-state index contributed by atoms with van der Waals surface area (Å²) in [6.45, 7) is 0.0705. The minimum atomic E-state index is -3.79. The van der Waals surface area contributed by atoms with Gasteiger partial charge in [-0.1, -0.05) is 12.1 Å². The van der Waals surface area contributed by atoms with Crippen molar-refractivity contribution < 1.29 is 26.8 Å². The molecule has 0 atom stereocenters. The van der Waals surface area contributed by atoms with Crippen LogP contribution in [0.25, 0.3) is 11.0 Å². The van der Waals surface area contributed by atoms with Crippen molar-refractivity contribution in [2.24, 2.45) is 5.73 Å². The third-order valence-corrected chi connectivity index (χ3v) is 6.66. The first-order valence-electron chi connectivity index (χ1n) is 9.49. The maximum atomic E-state index is 12.8. The number of para-hydroxylation sites is 1. The quantitative estimate of drug-likeness (QED) is 0.441. The number of anilines is 1. The van der Waals surface area contributed by atoms with E-state index in [0.29, 0.717) is 16.7 Å². The molecule has 3 N–H and O–H groups in total. The van der Waals surface area contributed by atoms with E-state index in [0.717, 1.165) is 4.31 Å². The summed E-state index contributed by atoms with van der Waals surface area (Å²) in [5.41, 5.74) is 6.13. The van der Waals surface area contributed by atoms with Gasteiger partial charge in [-0.05, 0) is 48.5 Å². The number of fused-ring (bicyclic) bond motifs is 1. The van der Waals surface area contributed by atoms with Crippen molar-refractivity contribution in [3.63, 3.8) is 0 Å². The Morgan fingerprint density at radius 3 is 2.41 bits per heavy atom. The number of primary amides is 1. The van der Waals surface area contributed by atoms with Crippen molar-refractivity contribution in [1.82, 2.24) is 4.31 Å². The molecule has 9 nitrogen and oxygen atoms in total. The molecule has 0 bridgehead atoms. The predicted molar refractivity (Wildman–Crippen MR) is 116 cm³/mol. The van der Waals surface area contributed by atoms with Gasteiger partial charge in [0.25, 0.3) is 11.8 Å². The maximum absolute atomic E-state index is 12.8. The summed E-state index contributed by atoms with van der Waals surface area (Å²) < 4.78 is 37.4. The Balaban J connectivity index is 1.56. The van der Waals surface area contributed by atoms with Gasteiger partial charge in [-0.2, -0.15) is 4.31 Å². The van der Waals surface area contributed by atoms with Crippen LogP contribution in [-0.4, -0.2) is 31.6 Å². The van der Waals surface area contributed by atoms with Crippen LogP contribution >= 0.6 is 0 Å². The second-order valence-electron chi connectivity index (χ2n) is 6.99. The van der Waals surface area contributed by atoms with Crippen molar-refractivity contribution in [2.45, 2.75) is 11.4 Å². The molecule has 2 amide bonds. The largest absolute Gasteiger partial charge is 0.468 e. The zero-order valence-corrected chi connectivity index (χ0v) is 17.8. The molecule has 2 heterocycles. The number of furan rings is 2. The number of amides is 2. The first-order chi connectivity index (χ1) is 15.3. The number of nitrogens with one attached hydrogen (secondary N) is 1. The van der Waals surface area contributed by atoms with Crippen molar-refractivity contribution in [3.8, 4) is 0 Å². The third-order valence-electron chi connectivity index (χ3n) is 4.84. The summed E-state index contributed by atoms with van der Waals surface area (Å²) in [5, 5.41) is 3.16. The van der Waals surface area contributed by atoms with Gasteiger partial charge >= 0.3 is 0 Å². The summed E-state index contributed by atoms with van der Waals surface area (Å²) >= 11 is 0. The predicted octanol–water partition coefficient (Wildman–Crippen LogP) is 3.20. The van der Waals surface area contributed by atoms with Crippen LogP contribution in [-0.2, 0) is 16.6 Å². The molecule has 0 aliphatic carbocycles. The van der Waals surface area contributed by atoms with E-state index in [4.69, 9.17) is 14.6 Å². The minimum Gasteiger partial charge on any atom is -0.468 e. The fraction of sp³-hybridized carbons (Fsp3) is 0.0909. The van der Waals surface area contributed by atoms with E-state index in [-0.39, 0.29) is 28.5 Å². The summed E-state index contributed by atoms with van der Waals surface area (Å²) in [6.07, 6.45) is 1.47. The number of carbonyl (C=O) groups is 2. The van der Waals surface area contributed by atoms with Gasteiger partial charge < -0.3 is 19.9 Å². The lowest BCUT2D eigenvalue weighted by molar-refractivity contribution is 0.0977. The van der Waals surface area contributed by atoms with Gasteiger partial charge in [0.2, 0.25) is 15.8 Å². The van der Waals surface area contributed by atoms with E-state index in [1.54, 1.807) is 36.4 Å². The Morgan fingerprint density at radius 1 is 1.03 bits per heavy atom. The number of hydrogen-bond donors (Lipinski definition) is 2.